The van der Waals surface area contributed by atoms with Gasteiger partial charge in [0.1, 0.15) is 12.4 Å². The number of hydrogen-bond donors (Lipinski definition) is 0. The minimum absolute atomic E-state index is 0.0801. The molecule has 0 aliphatic rings. The van der Waals surface area contributed by atoms with E-state index in [1.807, 2.05) is 20.8 Å². The molecule has 3 aromatic rings. The first-order chi connectivity index (χ1) is 12.4. The van der Waals surface area contributed by atoms with Gasteiger partial charge in [0.25, 0.3) is 5.91 Å². The number of fused-ring (bicyclic) bond motifs is 1. The molecule has 0 fully saturated rings. The molecule has 7 heteroatoms. The molecule has 0 saturated heterocycles. The largest absolute Gasteiger partial charge is 0.337 e. The van der Waals surface area contributed by atoms with Gasteiger partial charge in [0, 0.05) is 29.6 Å². The van der Waals surface area contributed by atoms with E-state index in [1.54, 1.807) is 24.0 Å². The third kappa shape index (κ3) is 3.56. The summed E-state index contributed by atoms with van der Waals surface area (Å²) in [5.41, 5.74) is 1.60. The molecule has 0 aliphatic heterocycles. The molecule has 0 aliphatic carbocycles. The molecular formula is C19H21FN4O2. The van der Waals surface area contributed by atoms with Gasteiger partial charge in [0.05, 0.1) is 11.1 Å². The van der Waals surface area contributed by atoms with E-state index < -0.39 is 0 Å². The lowest BCUT2D eigenvalue weighted by atomic mass is 10.1. The number of nitrogens with zero attached hydrogens (tertiary/aromatic N) is 4. The van der Waals surface area contributed by atoms with Gasteiger partial charge in [0.2, 0.25) is 5.89 Å². The van der Waals surface area contributed by atoms with E-state index in [2.05, 4.69) is 15.1 Å². The van der Waals surface area contributed by atoms with Crippen LogP contribution in [0.5, 0.6) is 0 Å². The molecule has 0 bridgehead atoms. The zero-order valence-corrected chi connectivity index (χ0v) is 15.3. The van der Waals surface area contributed by atoms with Crippen molar-refractivity contribution in [2.75, 3.05) is 0 Å². The molecule has 0 atom stereocenters. The number of halogens is 1. The summed E-state index contributed by atoms with van der Waals surface area (Å²) in [5.74, 6) is 0.438. The number of benzene rings is 1. The Balaban J connectivity index is 2.00. The van der Waals surface area contributed by atoms with E-state index in [1.165, 1.54) is 12.1 Å². The Kier molecular flexibility index (Phi) is 4.97. The second-order valence-corrected chi connectivity index (χ2v) is 6.46. The van der Waals surface area contributed by atoms with Gasteiger partial charge < -0.3 is 9.42 Å². The van der Waals surface area contributed by atoms with Gasteiger partial charge in [-0.1, -0.05) is 12.1 Å². The molecule has 2 aromatic heterocycles. The van der Waals surface area contributed by atoms with E-state index in [-0.39, 0.29) is 24.3 Å². The predicted octanol–water partition coefficient (Wildman–Crippen LogP) is 3.68. The van der Waals surface area contributed by atoms with Crippen LogP contribution in [0, 0.1) is 12.7 Å². The number of carbonyl (C=O) groups excluding carboxylic acids is 1. The van der Waals surface area contributed by atoms with E-state index in [4.69, 9.17) is 4.52 Å². The van der Waals surface area contributed by atoms with Crippen molar-refractivity contribution in [2.24, 2.45) is 0 Å². The van der Waals surface area contributed by atoms with Crippen molar-refractivity contribution in [2.45, 2.75) is 46.7 Å². The standard InChI is InChI=1S/C19H21FN4O2/c1-5-17-22-18(26-23-17)10-24(11(2)3)19(25)15-8-12(4)21-16-9-13(20)6-7-14(15)16/h6-9,11H,5,10H2,1-4H3. The number of pyridine rings is 1. The topological polar surface area (TPSA) is 72.1 Å². The summed E-state index contributed by atoms with van der Waals surface area (Å²) < 4.78 is 18.8. The van der Waals surface area contributed by atoms with Crippen molar-refractivity contribution < 1.29 is 13.7 Å². The first-order valence-corrected chi connectivity index (χ1v) is 8.58. The third-order valence-electron chi connectivity index (χ3n) is 4.15. The highest BCUT2D eigenvalue weighted by Crippen LogP contribution is 2.23. The molecule has 0 saturated carbocycles. The molecule has 6 nitrogen and oxygen atoms in total. The van der Waals surface area contributed by atoms with E-state index in [0.717, 1.165) is 0 Å². The maximum Gasteiger partial charge on any atom is 0.255 e. The summed E-state index contributed by atoms with van der Waals surface area (Å²) in [6, 6.07) is 5.91. The minimum Gasteiger partial charge on any atom is -0.337 e. The van der Waals surface area contributed by atoms with Crippen molar-refractivity contribution in [1.82, 2.24) is 20.0 Å². The molecule has 0 N–H and O–H groups in total. The molecule has 136 valence electrons. The van der Waals surface area contributed by atoms with Crippen LogP contribution in [0.15, 0.2) is 28.8 Å². The molecule has 26 heavy (non-hydrogen) atoms. The lowest BCUT2D eigenvalue weighted by molar-refractivity contribution is 0.0669. The molecule has 1 amide bonds. The maximum atomic E-state index is 13.5. The van der Waals surface area contributed by atoms with Crippen molar-refractivity contribution in [1.29, 1.82) is 0 Å². The van der Waals surface area contributed by atoms with Crippen LogP contribution < -0.4 is 0 Å². The fourth-order valence-corrected chi connectivity index (χ4v) is 2.80. The third-order valence-corrected chi connectivity index (χ3v) is 4.15. The minimum atomic E-state index is -0.382. The number of carbonyl (C=O) groups is 1. The first-order valence-electron chi connectivity index (χ1n) is 8.58. The van der Waals surface area contributed by atoms with Gasteiger partial charge in [-0.3, -0.25) is 9.78 Å². The summed E-state index contributed by atoms with van der Waals surface area (Å²) in [6.45, 7) is 7.78. The van der Waals surface area contributed by atoms with Gasteiger partial charge in [-0.2, -0.15) is 4.98 Å². The second kappa shape index (κ2) is 7.19. The summed E-state index contributed by atoms with van der Waals surface area (Å²) in [7, 11) is 0. The summed E-state index contributed by atoms with van der Waals surface area (Å²) in [4.78, 5) is 23.5. The normalized spacial score (nSPS) is 11.3. The van der Waals surface area contributed by atoms with Crippen molar-refractivity contribution in [3.63, 3.8) is 0 Å². The maximum absolute atomic E-state index is 13.5. The van der Waals surface area contributed by atoms with Crippen LogP contribution in [-0.2, 0) is 13.0 Å². The lowest BCUT2D eigenvalue weighted by Gasteiger charge is -2.26. The Morgan fingerprint density at radius 1 is 1.27 bits per heavy atom. The Morgan fingerprint density at radius 3 is 2.69 bits per heavy atom. The van der Waals surface area contributed by atoms with Crippen LogP contribution in [0.2, 0.25) is 0 Å². The molecule has 0 radical (unpaired) electrons. The first kappa shape index (κ1) is 18.0. The quantitative estimate of drug-likeness (QED) is 0.697. The smallest absolute Gasteiger partial charge is 0.255 e. The van der Waals surface area contributed by atoms with Crippen LogP contribution in [-0.4, -0.2) is 32.0 Å². The Morgan fingerprint density at radius 2 is 2.04 bits per heavy atom. The molecule has 2 heterocycles. The molecule has 0 spiro atoms. The summed E-state index contributed by atoms with van der Waals surface area (Å²) in [6.07, 6.45) is 0.666. The average molecular weight is 356 g/mol. The predicted molar refractivity (Wildman–Crippen MR) is 95.1 cm³/mol. The summed E-state index contributed by atoms with van der Waals surface area (Å²) >= 11 is 0. The van der Waals surface area contributed by atoms with Crippen LogP contribution >= 0.6 is 0 Å². The monoisotopic (exact) mass is 356 g/mol. The van der Waals surface area contributed by atoms with Crippen molar-refractivity contribution in [3.05, 3.63) is 53.1 Å². The molecular weight excluding hydrogens is 335 g/mol. The number of aromatic nitrogens is 3. The number of hydrogen-bond acceptors (Lipinski definition) is 5. The SMILES string of the molecule is CCc1noc(CN(C(=O)c2cc(C)nc3cc(F)ccc23)C(C)C)n1. The number of amides is 1. The Hall–Kier alpha value is -2.83. The van der Waals surface area contributed by atoms with Crippen LogP contribution in [0.4, 0.5) is 4.39 Å². The van der Waals surface area contributed by atoms with Crippen LogP contribution in [0.25, 0.3) is 10.9 Å². The fraction of sp³-hybridized carbons (Fsp3) is 0.368. The van der Waals surface area contributed by atoms with Gasteiger partial charge >= 0.3 is 0 Å². The van der Waals surface area contributed by atoms with Crippen LogP contribution in [0.3, 0.4) is 0 Å². The molecule has 0 unspecified atom stereocenters. The highest BCUT2D eigenvalue weighted by atomic mass is 19.1. The second-order valence-electron chi connectivity index (χ2n) is 6.46. The number of aryl methyl sites for hydroxylation is 2. The van der Waals surface area contributed by atoms with Gasteiger partial charge in [0.15, 0.2) is 5.82 Å². The highest BCUT2D eigenvalue weighted by Gasteiger charge is 2.24. The van der Waals surface area contributed by atoms with Crippen molar-refractivity contribution in [3.8, 4) is 0 Å². The zero-order valence-electron chi connectivity index (χ0n) is 15.3. The lowest BCUT2D eigenvalue weighted by Crippen LogP contribution is -2.36. The average Bonchev–Trinajstić information content (AvgIpc) is 3.05. The van der Waals surface area contributed by atoms with Crippen LogP contribution in [0.1, 0.15) is 48.5 Å². The van der Waals surface area contributed by atoms with Gasteiger partial charge in [-0.05, 0) is 39.0 Å². The summed E-state index contributed by atoms with van der Waals surface area (Å²) in [5, 5.41) is 4.50. The fourth-order valence-electron chi connectivity index (χ4n) is 2.80. The Labute approximate surface area is 151 Å². The zero-order chi connectivity index (χ0) is 18.8. The van der Waals surface area contributed by atoms with E-state index >= 15 is 0 Å². The number of rotatable bonds is 5. The van der Waals surface area contributed by atoms with E-state index in [9.17, 15) is 9.18 Å². The van der Waals surface area contributed by atoms with Gasteiger partial charge in [-0.15, -0.1) is 0 Å². The highest BCUT2D eigenvalue weighted by molar-refractivity contribution is 6.06. The Bertz CT molecular complexity index is 947. The molecule has 1 aromatic carbocycles. The van der Waals surface area contributed by atoms with Crippen molar-refractivity contribution >= 4 is 16.8 Å². The van der Waals surface area contributed by atoms with E-state index in [0.29, 0.717) is 40.3 Å². The van der Waals surface area contributed by atoms with Gasteiger partial charge in [-0.25, -0.2) is 4.39 Å². The molecule has 3 rings (SSSR count).